The predicted octanol–water partition coefficient (Wildman–Crippen LogP) is 3.84. The molecule has 1 aliphatic heterocycles. The third kappa shape index (κ3) is 3.73. The molecule has 0 saturated carbocycles. The molecule has 1 aromatic carbocycles. The van der Waals surface area contributed by atoms with Gasteiger partial charge in [0.1, 0.15) is 0 Å². The quantitative estimate of drug-likeness (QED) is 0.650. The highest BCUT2D eigenvalue weighted by molar-refractivity contribution is 5.56. The molecule has 1 atom stereocenters. The summed E-state index contributed by atoms with van der Waals surface area (Å²) in [5.41, 5.74) is 3.56. The number of hydrogen-bond acceptors (Lipinski definition) is 3. The minimum absolute atomic E-state index is 0.461. The average Bonchev–Trinajstić information content (AvgIpc) is 3.42. The minimum Gasteiger partial charge on any atom is -0.326 e. The molecule has 0 radical (unpaired) electrons. The molecule has 3 heterocycles. The number of hydrogen-bond donors (Lipinski definition) is 0. The number of aromatic nitrogens is 4. The summed E-state index contributed by atoms with van der Waals surface area (Å²) in [6, 6.07) is 10.9. The van der Waals surface area contributed by atoms with Crippen LogP contribution in [0.5, 0.6) is 0 Å². The maximum atomic E-state index is 4.56. The minimum atomic E-state index is 0.461. The maximum Gasteiger partial charge on any atom is 0.0954 e. The highest BCUT2D eigenvalue weighted by Gasteiger charge is 2.20. The third-order valence-corrected chi connectivity index (χ3v) is 5.31. The Morgan fingerprint density at radius 3 is 2.65 bits per heavy atom. The van der Waals surface area contributed by atoms with E-state index < -0.39 is 0 Å². The van der Waals surface area contributed by atoms with E-state index in [2.05, 4.69) is 56.9 Å². The fourth-order valence-electron chi connectivity index (χ4n) is 3.85. The van der Waals surface area contributed by atoms with Gasteiger partial charge in [-0.2, -0.15) is 5.10 Å². The lowest BCUT2D eigenvalue weighted by Gasteiger charge is -2.25. The van der Waals surface area contributed by atoms with E-state index >= 15 is 0 Å². The predicted molar refractivity (Wildman–Crippen MR) is 104 cm³/mol. The largest absolute Gasteiger partial charge is 0.326 e. The molecule has 0 aliphatic carbocycles. The van der Waals surface area contributed by atoms with Crippen LogP contribution in [-0.4, -0.2) is 43.9 Å². The van der Waals surface area contributed by atoms with Crippen molar-refractivity contribution in [1.82, 2.24) is 24.2 Å². The van der Waals surface area contributed by atoms with Crippen molar-refractivity contribution in [2.75, 3.05) is 19.6 Å². The molecule has 2 aromatic heterocycles. The Morgan fingerprint density at radius 2 is 1.88 bits per heavy atom. The highest BCUT2D eigenvalue weighted by Crippen LogP contribution is 2.25. The lowest BCUT2D eigenvalue weighted by atomic mass is 10.1. The molecule has 1 saturated heterocycles. The summed E-state index contributed by atoms with van der Waals surface area (Å²) in [5, 5.41) is 4.56. The number of imidazole rings is 1. The molecule has 0 N–H and O–H groups in total. The summed E-state index contributed by atoms with van der Waals surface area (Å²) in [7, 11) is 0. The van der Waals surface area contributed by atoms with Crippen LogP contribution in [0.25, 0.3) is 11.3 Å². The van der Waals surface area contributed by atoms with Gasteiger partial charge >= 0.3 is 0 Å². The molecule has 0 unspecified atom stereocenters. The fraction of sp³-hybridized carbons (Fsp3) is 0.429. The lowest BCUT2D eigenvalue weighted by Crippen LogP contribution is -2.28. The molecule has 0 amide bonds. The van der Waals surface area contributed by atoms with Crippen LogP contribution in [-0.2, 0) is 6.54 Å². The molecule has 0 spiro atoms. The summed E-state index contributed by atoms with van der Waals surface area (Å²) in [6.45, 7) is 6.63. The standard InChI is InChI=1S/C21H27N5/c1-2-20(16-24-10-6-7-11-24)26-17-22-13-21(26)19-12-23-25(15-19)14-18-8-4-3-5-9-18/h3-5,8-9,12-13,15,17,20H,2,6-7,10-11,14,16H2,1H3/t20-/m1/s1. The Labute approximate surface area is 155 Å². The van der Waals surface area contributed by atoms with E-state index in [-0.39, 0.29) is 0 Å². The van der Waals surface area contributed by atoms with Crippen LogP contribution in [0, 0.1) is 0 Å². The van der Waals surface area contributed by atoms with Crippen LogP contribution in [0.15, 0.2) is 55.2 Å². The van der Waals surface area contributed by atoms with E-state index in [0.717, 1.165) is 30.8 Å². The zero-order chi connectivity index (χ0) is 17.8. The Kier molecular flexibility index (Phi) is 5.16. The molecular formula is C21H27N5. The van der Waals surface area contributed by atoms with Crippen molar-refractivity contribution in [2.45, 2.75) is 38.8 Å². The van der Waals surface area contributed by atoms with E-state index in [4.69, 9.17) is 0 Å². The second kappa shape index (κ2) is 7.87. The first kappa shape index (κ1) is 17.0. The molecule has 0 bridgehead atoms. The summed E-state index contributed by atoms with van der Waals surface area (Å²) in [4.78, 5) is 7.02. The normalized spacial score (nSPS) is 16.2. The Morgan fingerprint density at radius 1 is 1.08 bits per heavy atom. The van der Waals surface area contributed by atoms with Gasteiger partial charge in [0.15, 0.2) is 0 Å². The Bertz CT molecular complexity index is 814. The van der Waals surface area contributed by atoms with E-state index in [1.807, 2.05) is 29.5 Å². The molecule has 3 aromatic rings. The van der Waals surface area contributed by atoms with Crippen LogP contribution < -0.4 is 0 Å². The van der Waals surface area contributed by atoms with Gasteiger partial charge in [0, 0.05) is 24.3 Å². The van der Waals surface area contributed by atoms with Gasteiger partial charge < -0.3 is 9.47 Å². The van der Waals surface area contributed by atoms with Crippen molar-refractivity contribution in [2.24, 2.45) is 0 Å². The van der Waals surface area contributed by atoms with Gasteiger partial charge in [-0.15, -0.1) is 0 Å². The van der Waals surface area contributed by atoms with Crippen molar-refractivity contribution < 1.29 is 0 Å². The van der Waals surface area contributed by atoms with Gasteiger partial charge in [0.2, 0.25) is 0 Å². The van der Waals surface area contributed by atoms with Gasteiger partial charge in [-0.1, -0.05) is 37.3 Å². The fourth-order valence-corrected chi connectivity index (χ4v) is 3.85. The van der Waals surface area contributed by atoms with E-state index in [1.54, 1.807) is 0 Å². The SMILES string of the molecule is CC[C@H](CN1CCCC1)n1cncc1-c1cnn(Cc2ccccc2)c1. The average molecular weight is 349 g/mol. The zero-order valence-electron chi connectivity index (χ0n) is 15.5. The van der Waals surface area contributed by atoms with Crippen molar-refractivity contribution in [3.8, 4) is 11.3 Å². The number of likely N-dealkylation sites (tertiary alicyclic amines) is 1. The van der Waals surface area contributed by atoms with Crippen LogP contribution >= 0.6 is 0 Å². The Hall–Kier alpha value is -2.40. The topological polar surface area (TPSA) is 38.9 Å². The maximum absolute atomic E-state index is 4.56. The van der Waals surface area contributed by atoms with Crippen molar-refractivity contribution in [3.05, 3.63) is 60.8 Å². The van der Waals surface area contributed by atoms with Gasteiger partial charge in [-0.25, -0.2) is 4.98 Å². The van der Waals surface area contributed by atoms with Crippen molar-refractivity contribution in [1.29, 1.82) is 0 Å². The van der Waals surface area contributed by atoms with Gasteiger partial charge in [0.05, 0.1) is 31.0 Å². The molecule has 5 nitrogen and oxygen atoms in total. The lowest BCUT2D eigenvalue weighted by molar-refractivity contribution is 0.273. The Balaban J connectivity index is 1.52. The van der Waals surface area contributed by atoms with Crippen LogP contribution in [0.4, 0.5) is 0 Å². The van der Waals surface area contributed by atoms with E-state index in [1.165, 1.54) is 31.5 Å². The molecular weight excluding hydrogens is 322 g/mol. The highest BCUT2D eigenvalue weighted by atomic mass is 15.3. The molecule has 4 rings (SSSR count). The number of nitrogens with zero attached hydrogens (tertiary/aromatic N) is 5. The van der Waals surface area contributed by atoms with Crippen LogP contribution in [0.1, 0.15) is 37.8 Å². The first-order valence-electron chi connectivity index (χ1n) is 9.64. The summed E-state index contributed by atoms with van der Waals surface area (Å²) < 4.78 is 4.34. The van der Waals surface area contributed by atoms with Crippen molar-refractivity contribution in [3.63, 3.8) is 0 Å². The van der Waals surface area contributed by atoms with E-state index in [9.17, 15) is 0 Å². The zero-order valence-corrected chi connectivity index (χ0v) is 15.5. The summed E-state index contributed by atoms with van der Waals surface area (Å²) in [5.74, 6) is 0. The van der Waals surface area contributed by atoms with Crippen LogP contribution in [0.3, 0.4) is 0 Å². The third-order valence-electron chi connectivity index (χ3n) is 5.31. The van der Waals surface area contributed by atoms with Gasteiger partial charge in [-0.05, 0) is 37.9 Å². The van der Waals surface area contributed by atoms with Crippen LogP contribution in [0.2, 0.25) is 0 Å². The molecule has 1 fully saturated rings. The second-order valence-corrected chi connectivity index (χ2v) is 7.17. The smallest absolute Gasteiger partial charge is 0.0954 e. The first-order chi connectivity index (χ1) is 12.8. The molecule has 5 heteroatoms. The van der Waals surface area contributed by atoms with Gasteiger partial charge in [0.25, 0.3) is 0 Å². The number of benzene rings is 1. The molecule has 1 aliphatic rings. The van der Waals surface area contributed by atoms with E-state index in [0.29, 0.717) is 6.04 Å². The molecule has 26 heavy (non-hydrogen) atoms. The summed E-state index contributed by atoms with van der Waals surface area (Å²) >= 11 is 0. The first-order valence-corrected chi connectivity index (χ1v) is 9.64. The monoisotopic (exact) mass is 349 g/mol. The molecule has 136 valence electrons. The second-order valence-electron chi connectivity index (χ2n) is 7.17. The summed E-state index contributed by atoms with van der Waals surface area (Å²) in [6.07, 6.45) is 11.8. The van der Waals surface area contributed by atoms with Gasteiger partial charge in [-0.3, -0.25) is 4.68 Å². The number of rotatable bonds is 7. The van der Waals surface area contributed by atoms with Crippen molar-refractivity contribution >= 4 is 0 Å².